The van der Waals surface area contributed by atoms with Crippen LogP contribution in [0.25, 0.3) is 16.6 Å². The molecule has 5 aromatic rings. The predicted octanol–water partition coefficient (Wildman–Crippen LogP) is 8.50. The Labute approximate surface area is 354 Å². The predicted molar refractivity (Wildman–Crippen MR) is 231 cm³/mol. The molecule has 3 atom stereocenters. The van der Waals surface area contributed by atoms with E-state index >= 15 is 0 Å². The van der Waals surface area contributed by atoms with Gasteiger partial charge in [-0.1, -0.05) is 36.4 Å². The molecule has 0 spiro atoms. The van der Waals surface area contributed by atoms with Crippen LogP contribution in [0.15, 0.2) is 96.2 Å². The van der Waals surface area contributed by atoms with Crippen LogP contribution in [0.5, 0.6) is 11.5 Å². The molecular formula is C46H50N6O8S. The minimum atomic E-state index is -4.55. The van der Waals surface area contributed by atoms with Gasteiger partial charge in [0.1, 0.15) is 22.8 Å². The van der Waals surface area contributed by atoms with Crippen LogP contribution in [0.2, 0.25) is 0 Å². The third kappa shape index (κ3) is 8.92. The lowest BCUT2D eigenvalue weighted by atomic mass is 9.88. The number of carbonyl (C=O) groups excluding carboxylic acids is 1. The molecule has 3 N–H and O–H groups in total. The molecule has 2 aromatic heterocycles. The molecule has 15 heteroatoms. The van der Waals surface area contributed by atoms with Gasteiger partial charge in [-0.2, -0.15) is 0 Å². The van der Waals surface area contributed by atoms with Gasteiger partial charge in [0.25, 0.3) is 21.6 Å². The Morgan fingerprint density at radius 1 is 1.02 bits per heavy atom. The van der Waals surface area contributed by atoms with Crippen LogP contribution < -0.4 is 14.8 Å². The maximum Gasteiger partial charge on any atom is 0.293 e. The van der Waals surface area contributed by atoms with Crippen LogP contribution in [0.3, 0.4) is 0 Å². The molecule has 0 bridgehead atoms. The molecule has 2 saturated heterocycles. The fourth-order valence-corrected chi connectivity index (χ4v) is 10.2. The van der Waals surface area contributed by atoms with Crippen LogP contribution >= 0.6 is 0 Å². The number of H-pyrrole nitrogens is 1. The normalized spacial score (nSPS) is 21.3. The van der Waals surface area contributed by atoms with Gasteiger partial charge < -0.3 is 24.5 Å². The molecule has 4 aliphatic rings. The van der Waals surface area contributed by atoms with E-state index in [9.17, 15) is 23.3 Å². The number of rotatable bonds is 14. The summed E-state index contributed by atoms with van der Waals surface area (Å²) in [6, 6.07) is 21.9. The third-order valence-corrected chi connectivity index (χ3v) is 14.0. The van der Waals surface area contributed by atoms with Crippen LogP contribution in [0.1, 0.15) is 90.4 Å². The maximum atomic E-state index is 13.9. The Kier molecular flexibility index (Phi) is 11.6. The summed E-state index contributed by atoms with van der Waals surface area (Å²) in [5.74, 6) is 0.485. The second-order valence-electron chi connectivity index (χ2n) is 16.6. The van der Waals surface area contributed by atoms with Crippen molar-refractivity contribution in [3.8, 4) is 11.5 Å². The minimum Gasteiger partial charge on any atom is -0.455 e. The molecule has 4 heterocycles. The quantitative estimate of drug-likeness (QED) is 0.0721. The average Bonchev–Trinajstić information content (AvgIpc) is 3.86. The molecule has 3 aromatic carbocycles. The molecule has 2 aliphatic heterocycles. The minimum absolute atomic E-state index is 0.0279. The Morgan fingerprint density at radius 2 is 1.84 bits per heavy atom. The first-order valence-corrected chi connectivity index (χ1v) is 22.6. The van der Waals surface area contributed by atoms with E-state index in [1.54, 1.807) is 31.5 Å². The number of likely N-dealkylation sites (tertiary alicyclic amines) is 1. The van der Waals surface area contributed by atoms with Gasteiger partial charge in [-0.15, -0.1) is 0 Å². The van der Waals surface area contributed by atoms with Crippen molar-refractivity contribution >= 4 is 43.9 Å². The van der Waals surface area contributed by atoms with E-state index in [-0.39, 0.29) is 29.0 Å². The summed E-state index contributed by atoms with van der Waals surface area (Å²) in [6.07, 6.45) is 13.4. The number of aromatic amines is 1. The molecule has 2 unspecified atom stereocenters. The number of pyridine rings is 1. The lowest BCUT2D eigenvalue weighted by Gasteiger charge is -2.36. The van der Waals surface area contributed by atoms with Gasteiger partial charge >= 0.3 is 0 Å². The molecule has 318 valence electrons. The van der Waals surface area contributed by atoms with Crippen molar-refractivity contribution < 1.29 is 32.3 Å². The number of allylic oxidation sites excluding steroid dienone is 1. The van der Waals surface area contributed by atoms with E-state index in [2.05, 4.69) is 55.2 Å². The van der Waals surface area contributed by atoms with Crippen LogP contribution in [0, 0.1) is 16.0 Å². The first kappa shape index (κ1) is 40.8. The number of hydrogen-bond acceptors (Lipinski definition) is 11. The zero-order valence-electron chi connectivity index (χ0n) is 34.0. The number of nitrogens with zero attached hydrogens (tertiary/aromatic N) is 3. The number of anilines is 1. The zero-order valence-corrected chi connectivity index (χ0v) is 34.9. The summed E-state index contributed by atoms with van der Waals surface area (Å²) in [5, 5.41) is 16.0. The second-order valence-corrected chi connectivity index (χ2v) is 18.3. The number of nitrogens with one attached hydrogen (secondary N) is 3. The van der Waals surface area contributed by atoms with Gasteiger partial charge in [-0.3, -0.25) is 19.8 Å². The van der Waals surface area contributed by atoms with E-state index < -0.39 is 31.4 Å². The molecular weight excluding hydrogens is 797 g/mol. The van der Waals surface area contributed by atoms with Gasteiger partial charge in [0.2, 0.25) is 0 Å². The van der Waals surface area contributed by atoms with Crippen molar-refractivity contribution in [1.82, 2.24) is 19.6 Å². The summed E-state index contributed by atoms with van der Waals surface area (Å²) in [7, 11) is -2.75. The fourth-order valence-electron chi connectivity index (χ4n) is 9.18. The molecule has 14 nitrogen and oxygen atoms in total. The van der Waals surface area contributed by atoms with Gasteiger partial charge in [-0.25, -0.2) is 18.1 Å². The van der Waals surface area contributed by atoms with E-state index in [0.717, 1.165) is 67.7 Å². The Hall–Kier alpha value is -5.61. The highest BCUT2D eigenvalue weighted by molar-refractivity contribution is 7.90. The monoisotopic (exact) mass is 846 g/mol. The smallest absolute Gasteiger partial charge is 0.293 e. The molecule has 61 heavy (non-hydrogen) atoms. The number of benzene rings is 3. The summed E-state index contributed by atoms with van der Waals surface area (Å²) in [5.41, 5.74) is 5.29. The number of nitro groups is 1. The van der Waals surface area contributed by atoms with E-state index in [1.807, 2.05) is 12.1 Å². The molecule has 1 saturated carbocycles. The number of ether oxygens (including phenoxy) is 3. The van der Waals surface area contributed by atoms with Gasteiger partial charge in [0.05, 0.1) is 27.7 Å². The number of aromatic nitrogens is 2. The number of nitro benzene ring substituents is 1. The SMILES string of the molecule is CO[C@@H]1CC(c2ccccc2C2CC2)N(C2CC=C(c3ccc(C(=O)NS(=O)(=O)c4ccc(NCC5CCOCC5)c([N+](=O)[O-])c4)c(Oc4cnc5[nH]ccc5c4)c3)CC2)C1. The van der Waals surface area contributed by atoms with Crippen molar-refractivity contribution in [3.05, 3.63) is 124 Å². The lowest BCUT2D eigenvalue weighted by molar-refractivity contribution is -0.384. The summed E-state index contributed by atoms with van der Waals surface area (Å²) < 4.78 is 47.2. The third-order valence-electron chi connectivity index (χ3n) is 12.7. The Bertz CT molecular complexity index is 2580. The van der Waals surface area contributed by atoms with Crippen LogP contribution in [-0.4, -0.2) is 79.7 Å². The standard InChI is InChI=1S/C46H50N6O8S/c1-58-36-24-42(39-5-3-2-4-38(39)31-6-7-31)51(28-36)34-11-8-30(9-12-34)32-10-14-40(44(23-32)60-35-22-33-16-19-47-45(33)49-27-35)46(53)50-61(56,57)37-13-15-41(43(25-37)52(54)55)48-26-29-17-20-59-21-18-29/h2-5,8,10,13-16,19,22-23,25,27,29,31,34,36,42,48H,6-7,9,11-12,17-18,20-21,24,26,28H2,1H3,(H,47,49)(H,50,53)/t34?,36-,42?/m1/s1. The van der Waals surface area contributed by atoms with Gasteiger partial charge in [-0.05, 0) is 122 Å². The highest BCUT2D eigenvalue weighted by Gasteiger charge is 2.40. The van der Waals surface area contributed by atoms with Crippen molar-refractivity contribution in [3.63, 3.8) is 0 Å². The molecule has 1 amide bonds. The largest absolute Gasteiger partial charge is 0.455 e. The number of methoxy groups -OCH3 is 1. The van der Waals surface area contributed by atoms with Crippen molar-refractivity contribution in [2.75, 3.05) is 38.7 Å². The number of fused-ring (bicyclic) bond motifs is 1. The van der Waals surface area contributed by atoms with Crippen molar-refractivity contribution in [2.45, 2.75) is 80.4 Å². The topological polar surface area (TPSA) is 178 Å². The molecule has 3 fully saturated rings. The lowest BCUT2D eigenvalue weighted by Crippen LogP contribution is -2.37. The van der Waals surface area contributed by atoms with E-state index in [4.69, 9.17) is 14.2 Å². The first-order chi connectivity index (χ1) is 29.6. The Morgan fingerprint density at radius 3 is 2.59 bits per heavy atom. The van der Waals surface area contributed by atoms with Gasteiger partial charge in [0.15, 0.2) is 0 Å². The molecule has 9 rings (SSSR count). The maximum absolute atomic E-state index is 13.9. The summed E-state index contributed by atoms with van der Waals surface area (Å²) >= 11 is 0. The van der Waals surface area contributed by atoms with Crippen LogP contribution in [-0.2, 0) is 19.5 Å². The first-order valence-electron chi connectivity index (χ1n) is 21.1. The average molecular weight is 847 g/mol. The highest BCUT2D eigenvalue weighted by Crippen LogP contribution is 2.47. The number of hydrogen-bond donors (Lipinski definition) is 3. The zero-order chi connectivity index (χ0) is 42.1. The van der Waals surface area contributed by atoms with Crippen molar-refractivity contribution in [2.24, 2.45) is 5.92 Å². The van der Waals surface area contributed by atoms with E-state index in [0.29, 0.717) is 49.2 Å². The van der Waals surface area contributed by atoms with Crippen molar-refractivity contribution in [1.29, 1.82) is 0 Å². The molecule has 2 aliphatic carbocycles. The number of carbonyl (C=O) groups is 1. The summed E-state index contributed by atoms with van der Waals surface area (Å²) in [4.78, 5) is 35.1. The molecule has 0 radical (unpaired) electrons. The summed E-state index contributed by atoms with van der Waals surface area (Å²) in [6.45, 7) is 2.62. The number of amides is 1. The second kappa shape index (κ2) is 17.4. The fraction of sp³-hybridized carbons (Fsp3) is 0.391. The highest BCUT2D eigenvalue weighted by atomic mass is 32.2. The van der Waals surface area contributed by atoms with Crippen LogP contribution in [0.4, 0.5) is 11.4 Å². The van der Waals surface area contributed by atoms with Gasteiger partial charge in [0, 0.05) is 63.1 Å². The van der Waals surface area contributed by atoms with E-state index in [1.165, 1.54) is 42.3 Å². The Balaban J connectivity index is 0.962. The number of sulfonamides is 1.